The van der Waals surface area contributed by atoms with E-state index in [1.54, 1.807) is 16.7 Å². The Morgan fingerprint density at radius 3 is 1.75 bits per heavy atom. The summed E-state index contributed by atoms with van der Waals surface area (Å²) in [6, 6.07) is 36.5. The molecule has 0 nitrogen and oxygen atoms in total. The van der Waals surface area contributed by atoms with Crippen LogP contribution >= 0.6 is 48.0 Å². The summed E-state index contributed by atoms with van der Waals surface area (Å²) in [5, 5.41) is 6.25. The molecule has 0 aliphatic heterocycles. The molecule has 5 aliphatic carbocycles. The standard InChI is InChI=1S/C29H37.2C10H6Cl.C5H5.CH2.2ClH.Zr/c1-18-25-22-17-19-13-9-10-14-20(19)24(22)21-15-11-12-16-23(21)29(25,8)28(6,7)27(4,5)26(18,2)3;2*11-10-7-3-5-8-4-1-2-6-9(8)10;1-2-4-5-3-1;;;;/h9-11,13-15,23H,12,16-17H2,1-8H3;2*1-4,6-7H;1-3H,4H2;1H2;2*1H;. The second kappa shape index (κ2) is 14.1. The zero-order chi connectivity index (χ0) is 40.9. The molecule has 60 heavy (non-hydrogen) atoms. The molecule has 0 spiro atoms. The van der Waals surface area contributed by atoms with Crippen LogP contribution < -0.4 is 6.54 Å². The predicted molar refractivity (Wildman–Crippen MR) is 264 cm³/mol. The quantitative estimate of drug-likeness (QED) is 0.168. The summed E-state index contributed by atoms with van der Waals surface area (Å²) in [6.07, 6.45) is 16.3. The van der Waals surface area contributed by atoms with Gasteiger partial charge >= 0.3 is 360 Å². The molecule has 310 valence electrons. The van der Waals surface area contributed by atoms with Crippen LogP contribution in [0.2, 0.25) is 13.2 Å². The van der Waals surface area contributed by atoms with E-state index in [1.807, 2.05) is 0 Å². The van der Waals surface area contributed by atoms with Crippen LogP contribution in [0.3, 0.4) is 0 Å². The van der Waals surface area contributed by atoms with E-state index in [0.29, 0.717) is 5.92 Å². The van der Waals surface area contributed by atoms with Gasteiger partial charge in [0.25, 0.3) is 0 Å². The van der Waals surface area contributed by atoms with Gasteiger partial charge in [0.2, 0.25) is 0 Å². The van der Waals surface area contributed by atoms with E-state index in [4.69, 9.17) is 27.4 Å². The maximum absolute atomic E-state index is 7.28. The molecule has 5 heteroatoms. The molecule has 5 aromatic carbocycles. The Morgan fingerprint density at radius 2 is 1.18 bits per heavy atom. The SMILES string of the molecule is Cl.Cl.[CH2]=[Zr]([C]1=CC=CC1)([c]1ccc(Cl)c2ccccc12)([c]1ccc(Cl)c2ccccc12)[C]1(C)C2=C3Cc4ccccc4C3=C3C=CCCC3C2(C)C(C)(C)C(C)(C)C1(C)C. The molecule has 0 heterocycles. The summed E-state index contributed by atoms with van der Waals surface area (Å²) in [6.45, 7) is 21.3. The third kappa shape index (κ3) is 4.79. The van der Waals surface area contributed by atoms with Gasteiger partial charge in [-0.2, -0.15) is 0 Å². The maximum atomic E-state index is 7.28. The van der Waals surface area contributed by atoms with Crippen molar-refractivity contribution in [1.82, 2.24) is 0 Å². The van der Waals surface area contributed by atoms with E-state index in [0.717, 1.165) is 46.5 Å². The van der Waals surface area contributed by atoms with E-state index in [2.05, 4.69) is 183 Å². The van der Waals surface area contributed by atoms with Crippen LogP contribution in [0.5, 0.6) is 0 Å². The van der Waals surface area contributed by atoms with Gasteiger partial charge in [0.05, 0.1) is 0 Å². The summed E-state index contributed by atoms with van der Waals surface area (Å²) < 4.78 is 10.2. The molecule has 10 rings (SSSR count). The Hall–Kier alpha value is -2.77. The van der Waals surface area contributed by atoms with Crippen molar-refractivity contribution >= 4 is 85.9 Å². The van der Waals surface area contributed by atoms with Crippen LogP contribution in [0.25, 0.3) is 27.1 Å². The first-order chi connectivity index (χ1) is 27.5. The van der Waals surface area contributed by atoms with Crippen molar-refractivity contribution in [3.63, 3.8) is 0 Å². The molecule has 0 radical (unpaired) electrons. The molecule has 0 bridgehead atoms. The fraction of sp³-hybridized carbons (Fsp3) is 0.327. The Kier molecular flexibility index (Phi) is 10.3. The molecule has 3 unspecified atom stereocenters. The van der Waals surface area contributed by atoms with Gasteiger partial charge in [-0.25, -0.2) is 0 Å². The zero-order valence-corrected chi connectivity index (χ0v) is 41.9. The van der Waals surface area contributed by atoms with Crippen LogP contribution in [0, 0.1) is 27.6 Å². The molecule has 0 N–H and O–H groups in total. The first-order valence-electron chi connectivity index (χ1n) is 21.5. The Balaban J connectivity index is 0.00000249. The number of fused-ring (bicyclic) bond motifs is 8. The van der Waals surface area contributed by atoms with E-state index in [9.17, 15) is 0 Å². The molecule has 1 fully saturated rings. The third-order valence-corrected chi connectivity index (χ3v) is 39.4. The fourth-order valence-corrected chi connectivity index (χ4v) is 37.0. The van der Waals surface area contributed by atoms with Crippen LogP contribution in [0.1, 0.15) is 85.8 Å². The first-order valence-corrected chi connectivity index (χ1v) is 28.9. The van der Waals surface area contributed by atoms with Crippen molar-refractivity contribution < 1.29 is 18.3 Å². The predicted octanol–water partition coefficient (Wildman–Crippen LogP) is 15.6. The minimum atomic E-state index is -5.70. The van der Waals surface area contributed by atoms with E-state index < -0.39 is 21.4 Å². The molecule has 5 aliphatic rings. The second-order valence-electron chi connectivity index (χ2n) is 20.3. The van der Waals surface area contributed by atoms with E-state index in [1.165, 1.54) is 37.3 Å². The second-order valence-corrected chi connectivity index (χ2v) is 35.0. The average molecular weight is 952 g/mol. The Labute approximate surface area is 381 Å². The summed E-state index contributed by atoms with van der Waals surface area (Å²) in [7, 11) is 0. The van der Waals surface area contributed by atoms with Crippen molar-refractivity contribution in [2.45, 2.75) is 84.2 Å². The molecule has 3 atom stereocenters. The number of hydrogen-bond acceptors (Lipinski definition) is 0. The van der Waals surface area contributed by atoms with Crippen molar-refractivity contribution in [2.24, 2.45) is 27.6 Å². The Bertz CT molecular complexity index is 2810. The molecule has 0 aromatic heterocycles. The van der Waals surface area contributed by atoms with Gasteiger partial charge in [0, 0.05) is 0 Å². The molecular formula is C55H58Cl4Zr. The van der Waals surface area contributed by atoms with Crippen LogP contribution in [-0.4, -0.2) is 4.21 Å². The van der Waals surface area contributed by atoms with Gasteiger partial charge in [0.15, 0.2) is 0 Å². The molecule has 0 saturated heterocycles. The normalized spacial score (nSPS) is 25.9. The van der Waals surface area contributed by atoms with Crippen LogP contribution in [0.15, 0.2) is 147 Å². The summed E-state index contributed by atoms with van der Waals surface area (Å²) in [5.74, 6) is 0.356. The van der Waals surface area contributed by atoms with Crippen molar-refractivity contribution in [3.05, 3.63) is 169 Å². The third-order valence-electron chi connectivity index (χ3n) is 18.7. The molecule has 5 aromatic rings. The zero-order valence-electron chi connectivity index (χ0n) is 36.3. The Morgan fingerprint density at radius 1 is 0.633 bits per heavy atom. The summed E-state index contributed by atoms with van der Waals surface area (Å²) in [4.78, 5) is 0. The van der Waals surface area contributed by atoms with Gasteiger partial charge in [0.1, 0.15) is 0 Å². The van der Waals surface area contributed by atoms with Gasteiger partial charge in [-0.05, 0) is 0 Å². The number of rotatable bonds is 4. The van der Waals surface area contributed by atoms with Gasteiger partial charge < -0.3 is 0 Å². The molecule has 0 amide bonds. The number of halogens is 4. The molecule has 1 saturated carbocycles. The van der Waals surface area contributed by atoms with Crippen molar-refractivity contribution in [2.75, 3.05) is 0 Å². The van der Waals surface area contributed by atoms with Gasteiger partial charge in [-0.1, -0.05) is 0 Å². The number of benzene rings is 5. The van der Waals surface area contributed by atoms with E-state index >= 15 is 0 Å². The summed E-state index contributed by atoms with van der Waals surface area (Å²) >= 11 is 8.85. The summed E-state index contributed by atoms with van der Waals surface area (Å²) in [5.41, 5.74) is 8.42. The van der Waals surface area contributed by atoms with Crippen LogP contribution in [0.4, 0.5) is 0 Å². The van der Waals surface area contributed by atoms with Crippen molar-refractivity contribution in [1.29, 1.82) is 0 Å². The first kappa shape index (κ1) is 43.9. The fourth-order valence-electron chi connectivity index (χ4n) is 14.6. The topological polar surface area (TPSA) is 0 Å². The molecular weight excluding hydrogens is 894 g/mol. The number of hydrogen-bond donors (Lipinski definition) is 0. The average Bonchev–Trinajstić information content (AvgIpc) is 3.90. The van der Waals surface area contributed by atoms with Gasteiger partial charge in [-0.3, -0.25) is 0 Å². The monoisotopic (exact) mass is 948 g/mol. The van der Waals surface area contributed by atoms with Crippen LogP contribution in [-0.2, 0) is 24.7 Å². The van der Waals surface area contributed by atoms with E-state index in [-0.39, 0.29) is 46.5 Å². The van der Waals surface area contributed by atoms with Crippen molar-refractivity contribution in [3.8, 4) is 0 Å². The minimum absolute atomic E-state index is 0. The van der Waals surface area contributed by atoms with Gasteiger partial charge in [-0.15, -0.1) is 24.8 Å². The number of allylic oxidation sites excluding steroid dienone is 10.